The molecule has 0 radical (unpaired) electrons. The van der Waals surface area contributed by atoms with Crippen LogP contribution in [0.2, 0.25) is 0 Å². The number of fused-ring (bicyclic) bond motifs is 2. The minimum atomic E-state index is -0.337. The van der Waals surface area contributed by atoms with E-state index in [-0.39, 0.29) is 42.5 Å². The molecule has 0 aliphatic carbocycles. The SMILES string of the molecule is CC(C)Cc1ccc(C(C)C(=O)OC[C@H]2[C@@H](OC(=O)c3ccccc3)C[C@H]3CC[C@@H]2N3C)cc1. The van der Waals surface area contributed by atoms with E-state index in [1.165, 1.54) is 5.56 Å². The van der Waals surface area contributed by atoms with Crippen LogP contribution in [0.25, 0.3) is 0 Å². The number of hydrogen-bond donors (Lipinski definition) is 0. The topological polar surface area (TPSA) is 55.8 Å². The number of piperidine rings is 1. The summed E-state index contributed by atoms with van der Waals surface area (Å²) in [6, 6.07) is 18.0. The van der Waals surface area contributed by atoms with Crippen LogP contribution in [-0.2, 0) is 20.7 Å². The highest BCUT2D eigenvalue weighted by Gasteiger charge is 2.47. The summed E-state index contributed by atoms with van der Waals surface area (Å²) in [6.45, 7) is 6.56. The number of esters is 2. The first-order valence-corrected chi connectivity index (χ1v) is 12.6. The summed E-state index contributed by atoms with van der Waals surface area (Å²) in [5.41, 5.74) is 2.80. The first-order valence-electron chi connectivity index (χ1n) is 12.6. The van der Waals surface area contributed by atoms with Gasteiger partial charge in [-0.25, -0.2) is 4.79 Å². The largest absolute Gasteiger partial charge is 0.465 e. The highest BCUT2D eigenvalue weighted by molar-refractivity contribution is 5.89. The van der Waals surface area contributed by atoms with Gasteiger partial charge in [-0.2, -0.15) is 0 Å². The van der Waals surface area contributed by atoms with Crippen molar-refractivity contribution in [2.24, 2.45) is 11.8 Å². The molecule has 1 unspecified atom stereocenters. The van der Waals surface area contributed by atoms with Crippen LogP contribution in [0, 0.1) is 11.8 Å². The minimum Gasteiger partial charge on any atom is -0.465 e. The standard InChI is InChI=1S/C29H37NO4/c1-19(2)16-21-10-12-22(13-11-21)20(3)28(31)33-18-25-26-15-14-24(30(26)4)17-27(25)34-29(32)23-8-6-5-7-9-23/h5-13,19-20,24-27H,14-18H2,1-4H3/t20?,24-,25-,26+,27+/m1/s1. The van der Waals surface area contributed by atoms with Gasteiger partial charge in [0, 0.05) is 24.4 Å². The molecule has 2 aliphatic rings. The maximum absolute atomic E-state index is 12.9. The molecule has 4 rings (SSSR count). The van der Waals surface area contributed by atoms with Crippen molar-refractivity contribution < 1.29 is 19.1 Å². The van der Waals surface area contributed by atoms with Gasteiger partial charge < -0.3 is 9.47 Å². The van der Waals surface area contributed by atoms with E-state index in [1.807, 2.05) is 37.3 Å². The Labute approximate surface area is 203 Å². The van der Waals surface area contributed by atoms with Crippen LogP contribution < -0.4 is 0 Å². The number of nitrogens with zero attached hydrogens (tertiary/aromatic N) is 1. The first-order chi connectivity index (χ1) is 16.3. The molecule has 2 saturated heterocycles. The van der Waals surface area contributed by atoms with E-state index in [4.69, 9.17) is 9.47 Å². The van der Waals surface area contributed by atoms with Crippen molar-refractivity contribution in [3.8, 4) is 0 Å². The van der Waals surface area contributed by atoms with Crippen molar-refractivity contribution in [2.45, 2.75) is 70.6 Å². The molecule has 2 bridgehead atoms. The van der Waals surface area contributed by atoms with Gasteiger partial charge in [-0.1, -0.05) is 56.3 Å². The molecule has 0 aromatic heterocycles. The molecule has 0 N–H and O–H groups in total. The van der Waals surface area contributed by atoms with E-state index in [2.05, 4.69) is 37.9 Å². The lowest BCUT2D eigenvalue weighted by molar-refractivity contribution is -0.150. The Morgan fingerprint density at radius 1 is 1.00 bits per heavy atom. The van der Waals surface area contributed by atoms with Gasteiger partial charge in [0.25, 0.3) is 0 Å². The average Bonchev–Trinajstić information content (AvgIpc) is 3.08. The monoisotopic (exact) mass is 463 g/mol. The van der Waals surface area contributed by atoms with Crippen molar-refractivity contribution >= 4 is 11.9 Å². The molecule has 34 heavy (non-hydrogen) atoms. The normalized spacial score (nSPS) is 25.2. The van der Waals surface area contributed by atoms with Gasteiger partial charge in [-0.05, 0) is 62.4 Å². The van der Waals surface area contributed by atoms with Crippen LogP contribution in [0.5, 0.6) is 0 Å². The van der Waals surface area contributed by atoms with Gasteiger partial charge in [0.05, 0.1) is 18.1 Å². The second kappa shape index (κ2) is 10.7. The zero-order valence-electron chi connectivity index (χ0n) is 20.8. The smallest absolute Gasteiger partial charge is 0.338 e. The fourth-order valence-corrected chi connectivity index (χ4v) is 5.52. The Morgan fingerprint density at radius 2 is 1.71 bits per heavy atom. The third-order valence-corrected chi connectivity index (χ3v) is 7.53. The lowest BCUT2D eigenvalue weighted by Crippen LogP contribution is -2.52. The third kappa shape index (κ3) is 5.52. The summed E-state index contributed by atoms with van der Waals surface area (Å²) >= 11 is 0. The predicted octanol–water partition coefficient (Wildman–Crippen LogP) is 5.24. The van der Waals surface area contributed by atoms with Gasteiger partial charge in [0.15, 0.2) is 0 Å². The summed E-state index contributed by atoms with van der Waals surface area (Å²) in [6.07, 6.45) is 3.68. The number of benzene rings is 2. The molecule has 2 aromatic rings. The number of ether oxygens (including phenoxy) is 2. The Balaban J connectivity index is 1.40. The average molecular weight is 464 g/mol. The quantitative estimate of drug-likeness (QED) is 0.501. The van der Waals surface area contributed by atoms with Crippen LogP contribution in [0.1, 0.15) is 67.4 Å². The van der Waals surface area contributed by atoms with Crippen molar-refractivity contribution in [2.75, 3.05) is 13.7 Å². The summed E-state index contributed by atoms with van der Waals surface area (Å²) in [4.78, 5) is 28.1. The maximum Gasteiger partial charge on any atom is 0.338 e. The molecule has 5 nitrogen and oxygen atoms in total. The van der Waals surface area contributed by atoms with E-state index in [9.17, 15) is 9.59 Å². The summed E-state index contributed by atoms with van der Waals surface area (Å²) in [7, 11) is 2.13. The molecule has 5 heteroatoms. The van der Waals surface area contributed by atoms with Crippen LogP contribution in [0.4, 0.5) is 0 Å². The van der Waals surface area contributed by atoms with E-state index in [0.29, 0.717) is 17.5 Å². The van der Waals surface area contributed by atoms with Crippen LogP contribution >= 0.6 is 0 Å². The Morgan fingerprint density at radius 3 is 2.38 bits per heavy atom. The molecule has 182 valence electrons. The second-order valence-electron chi connectivity index (χ2n) is 10.4. The van der Waals surface area contributed by atoms with Crippen molar-refractivity contribution in [3.63, 3.8) is 0 Å². The lowest BCUT2D eigenvalue weighted by Gasteiger charge is -2.42. The van der Waals surface area contributed by atoms with Crippen molar-refractivity contribution in [3.05, 3.63) is 71.3 Å². The molecule has 0 amide bonds. The summed E-state index contributed by atoms with van der Waals surface area (Å²) in [5.74, 6) is -0.300. The molecule has 0 saturated carbocycles. The van der Waals surface area contributed by atoms with Gasteiger partial charge in [0.1, 0.15) is 6.10 Å². The van der Waals surface area contributed by atoms with E-state index in [0.717, 1.165) is 31.2 Å². The zero-order valence-corrected chi connectivity index (χ0v) is 20.8. The van der Waals surface area contributed by atoms with Gasteiger partial charge >= 0.3 is 11.9 Å². The van der Waals surface area contributed by atoms with E-state index in [1.54, 1.807) is 12.1 Å². The first kappa shape index (κ1) is 24.5. The molecule has 2 fully saturated rings. The van der Waals surface area contributed by atoms with Gasteiger partial charge in [-0.3, -0.25) is 9.69 Å². The minimum absolute atomic E-state index is 0.0269. The zero-order chi connectivity index (χ0) is 24.2. The number of hydrogen-bond acceptors (Lipinski definition) is 5. The summed E-state index contributed by atoms with van der Waals surface area (Å²) in [5, 5.41) is 0. The van der Waals surface area contributed by atoms with Crippen molar-refractivity contribution in [1.29, 1.82) is 0 Å². The lowest BCUT2D eigenvalue weighted by atomic mass is 9.88. The highest BCUT2D eigenvalue weighted by atomic mass is 16.6. The number of carbonyl (C=O) groups is 2. The highest BCUT2D eigenvalue weighted by Crippen LogP contribution is 2.40. The van der Waals surface area contributed by atoms with E-state index >= 15 is 0 Å². The predicted molar refractivity (Wildman–Crippen MR) is 133 cm³/mol. The fourth-order valence-electron chi connectivity index (χ4n) is 5.52. The molecule has 2 heterocycles. The van der Waals surface area contributed by atoms with Gasteiger partial charge in [0.2, 0.25) is 0 Å². The molecule has 2 aliphatic heterocycles. The Hall–Kier alpha value is -2.66. The van der Waals surface area contributed by atoms with Crippen molar-refractivity contribution in [1.82, 2.24) is 4.90 Å². The molecule has 5 atom stereocenters. The Bertz CT molecular complexity index is 971. The molecule has 0 spiro atoms. The number of carbonyl (C=O) groups excluding carboxylic acids is 2. The fraction of sp³-hybridized carbons (Fsp3) is 0.517. The van der Waals surface area contributed by atoms with Gasteiger partial charge in [-0.15, -0.1) is 0 Å². The molecular formula is C29H37NO4. The van der Waals surface area contributed by atoms with E-state index < -0.39 is 0 Å². The number of rotatable bonds is 8. The van der Waals surface area contributed by atoms with Crippen LogP contribution in [0.15, 0.2) is 54.6 Å². The summed E-state index contributed by atoms with van der Waals surface area (Å²) < 4.78 is 11.8. The maximum atomic E-state index is 12.9. The molecule has 2 aromatic carbocycles. The van der Waals surface area contributed by atoms with Crippen LogP contribution in [0.3, 0.4) is 0 Å². The van der Waals surface area contributed by atoms with Crippen LogP contribution in [-0.4, -0.2) is 48.7 Å². The third-order valence-electron chi connectivity index (χ3n) is 7.53. The molecular weight excluding hydrogens is 426 g/mol. The Kier molecular flexibility index (Phi) is 7.72. The second-order valence-corrected chi connectivity index (χ2v) is 10.4.